The number of aliphatic hydroxyl groups is 1. The second-order valence-electron chi connectivity index (χ2n) is 19.0. The maximum Gasteiger partial charge on any atom is 0.272 e. The SMILES string of the molecule is CCc1cnn2c(NCc3ccc(OCCN4CCN(CC5CCN(c6ccc(C(=O)N[C@H]7CC[C@H](Oc8ccc(C#N)c(Cl)c8)CC7)nn6)CC5)CC4)nc3)cc(N3CCCC[C@H]3CCO)nc12. The molecule has 4 aliphatic rings. The number of anilines is 3. The van der Waals surface area contributed by atoms with Gasteiger partial charge < -0.3 is 39.9 Å². The summed E-state index contributed by atoms with van der Waals surface area (Å²) in [4.78, 5) is 32.5. The predicted molar refractivity (Wildman–Crippen MR) is 266 cm³/mol. The molecule has 0 bridgehead atoms. The highest BCUT2D eigenvalue weighted by Crippen LogP contribution is 2.31. The van der Waals surface area contributed by atoms with Gasteiger partial charge in [-0.1, -0.05) is 24.6 Å². The molecule has 4 fully saturated rings. The Balaban J connectivity index is 0.650. The number of hydrogen-bond acceptors (Lipinski definition) is 15. The van der Waals surface area contributed by atoms with Gasteiger partial charge in [-0.3, -0.25) is 9.69 Å². The maximum atomic E-state index is 13.1. The van der Waals surface area contributed by atoms with Gasteiger partial charge in [0.05, 0.1) is 22.9 Å². The number of aromatic nitrogens is 6. The summed E-state index contributed by atoms with van der Waals surface area (Å²) in [6, 6.07) is 17.4. The van der Waals surface area contributed by atoms with E-state index >= 15 is 0 Å². The van der Waals surface area contributed by atoms with Crippen LogP contribution in [0, 0.1) is 17.2 Å². The normalized spacial score (nSPS) is 20.7. The summed E-state index contributed by atoms with van der Waals surface area (Å²) < 4.78 is 14.1. The summed E-state index contributed by atoms with van der Waals surface area (Å²) in [5.74, 6) is 4.39. The second-order valence-corrected chi connectivity index (χ2v) is 19.4. The van der Waals surface area contributed by atoms with Crippen molar-refractivity contribution in [1.82, 2.24) is 44.9 Å². The Bertz CT molecular complexity index is 2490. The van der Waals surface area contributed by atoms with Gasteiger partial charge in [-0.25, -0.2) is 9.97 Å². The van der Waals surface area contributed by atoms with Gasteiger partial charge in [0.15, 0.2) is 17.2 Å². The lowest BCUT2D eigenvalue weighted by Gasteiger charge is -2.39. The van der Waals surface area contributed by atoms with Crippen molar-refractivity contribution in [3.05, 3.63) is 88.3 Å². The molecule has 4 aromatic heterocycles. The Morgan fingerprint density at radius 3 is 2.45 bits per heavy atom. The Morgan fingerprint density at radius 1 is 0.899 bits per heavy atom. The second kappa shape index (κ2) is 23.2. The lowest BCUT2D eigenvalue weighted by molar-refractivity contribution is 0.0888. The summed E-state index contributed by atoms with van der Waals surface area (Å²) in [6.07, 6.45) is 14.2. The van der Waals surface area contributed by atoms with Crippen LogP contribution in [0.25, 0.3) is 5.65 Å². The van der Waals surface area contributed by atoms with E-state index < -0.39 is 0 Å². The minimum atomic E-state index is -0.197. The van der Waals surface area contributed by atoms with Crippen LogP contribution in [0.15, 0.2) is 60.9 Å². The molecule has 3 aliphatic heterocycles. The fourth-order valence-electron chi connectivity index (χ4n) is 10.3. The number of carbonyl (C=O) groups excluding carboxylic acids is 1. The van der Waals surface area contributed by atoms with Crippen LogP contribution in [0.2, 0.25) is 5.02 Å². The molecule has 3 N–H and O–H groups in total. The van der Waals surface area contributed by atoms with Crippen molar-refractivity contribution < 1.29 is 19.4 Å². The molecular formula is C51H66ClN13O4. The fraction of sp³-hybridized carbons (Fsp3) is 0.549. The van der Waals surface area contributed by atoms with E-state index in [0.29, 0.717) is 47.0 Å². The van der Waals surface area contributed by atoms with Crippen LogP contribution in [0.5, 0.6) is 11.6 Å². The average Bonchev–Trinajstić information content (AvgIpc) is 3.81. The lowest BCUT2D eigenvalue weighted by Crippen LogP contribution is -2.49. The summed E-state index contributed by atoms with van der Waals surface area (Å²) in [5.41, 5.74) is 3.80. The zero-order valence-electron chi connectivity index (χ0n) is 39.8. The van der Waals surface area contributed by atoms with E-state index in [9.17, 15) is 9.90 Å². The zero-order valence-corrected chi connectivity index (χ0v) is 40.6. The Labute approximate surface area is 410 Å². The van der Waals surface area contributed by atoms with Crippen molar-refractivity contribution >= 4 is 40.6 Å². The van der Waals surface area contributed by atoms with Crippen LogP contribution >= 0.6 is 11.6 Å². The predicted octanol–water partition coefficient (Wildman–Crippen LogP) is 6.39. The topological polar surface area (TPSA) is 185 Å². The van der Waals surface area contributed by atoms with E-state index in [4.69, 9.17) is 31.3 Å². The van der Waals surface area contributed by atoms with Crippen molar-refractivity contribution in [3.8, 4) is 17.7 Å². The number of ether oxygens (including phenoxy) is 2. The number of nitriles is 1. The third-order valence-corrected chi connectivity index (χ3v) is 14.7. The number of rotatable bonds is 18. The molecule has 1 aliphatic carbocycles. The number of piperidine rings is 2. The molecule has 18 heteroatoms. The third-order valence-electron chi connectivity index (χ3n) is 14.4. The molecule has 17 nitrogen and oxygen atoms in total. The molecule has 1 atom stereocenters. The first-order chi connectivity index (χ1) is 33.8. The van der Waals surface area contributed by atoms with Crippen LogP contribution in [-0.2, 0) is 13.0 Å². The Morgan fingerprint density at radius 2 is 1.72 bits per heavy atom. The molecule has 1 aromatic carbocycles. The molecule has 69 heavy (non-hydrogen) atoms. The number of fused-ring (bicyclic) bond motifs is 1. The monoisotopic (exact) mass is 960 g/mol. The van der Waals surface area contributed by atoms with E-state index in [1.807, 2.05) is 29.0 Å². The van der Waals surface area contributed by atoms with E-state index in [1.165, 1.54) is 6.42 Å². The Kier molecular flexibility index (Phi) is 16.2. The quantitative estimate of drug-likeness (QED) is 0.0877. The van der Waals surface area contributed by atoms with Crippen LogP contribution in [0.3, 0.4) is 0 Å². The van der Waals surface area contributed by atoms with Crippen molar-refractivity contribution in [1.29, 1.82) is 5.26 Å². The number of carbonyl (C=O) groups is 1. The molecule has 7 heterocycles. The first-order valence-corrected chi connectivity index (χ1v) is 25.5. The van der Waals surface area contributed by atoms with Gasteiger partial charge in [0, 0.05) is 114 Å². The molecule has 0 spiro atoms. The fourth-order valence-corrected chi connectivity index (χ4v) is 10.5. The molecule has 1 amide bonds. The van der Waals surface area contributed by atoms with E-state index in [1.54, 1.807) is 24.3 Å². The maximum absolute atomic E-state index is 13.1. The summed E-state index contributed by atoms with van der Waals surface area (Å²) in [6.45, 7) is 12.5. The molecule has 3 saturated heterocycles. The van der Waals surface area contributed by atoms with Crippen LogP contribution in [0.1, 0.15) is 98.3 Å². The van der Waals surface area contributed by atoms with Gasteiger partial charge in [0.25, 0.3) is 5.91 Å². The van der Waals surface area contributed by atoms with Crippen LogP contribution < -0.4 is 29.9 Å². The molecule has 0 unspecified atom stereocenters. The smallest absolute Gasteiger partial charge is 0.272 e. The van der Waals surface area contributed by atoms with Gasteiger partial charge in [0.1, 0.15) is 30.1 Å². The van der Waals surface area contributed by atoms with Gasteiger partial charge >= 0.3 is 0 Å². The number of piperazine rings is 1. The molecule has 366 valence electrons. The Hall–Kier alpha value is -5.80. The first-order valence-electron chi connectivity index (χ1n) is 25.1. The summed E-state index contributed by atoms with van der Waals surface area (Å²) in [5, 5.41) is 39.4. The standard InChI is InChI=1S/C51H66ClN13O4/c1-2-38-34-56-65-47(30-48(58-50(38)65)64-19-4-3-5-41(64)18-27-66)54-32-37-6-15-49(55-33-37)68-28-26-61-22-24-62(25-23-61)35-36-16-20-63(21-17-36)46-14-13-45(59-60-46)51(67)57-40-8-11-42(12-9-40)69-43-10-7-39(31-53)44(52)29-43/h6-7,10,13-15,29-30,33-34,36,40-42,54,66H,2-5,8-9,11-12,16-28,32,35H2,1H3,(H,57,67)/t40-,41-,42-/m0/s1. The van der Waals surface area contributed by atoms with E-state index in [0.717, 1.165) is 157 Å². The molecule has 1 saturated carbocycles. The highest BCUT2D eigenvalue weighted by molar-refractivity contribution is 6.31. The highest BCUT2D eigenvalue weighted by atomic mass is 35.5. The van der Waals surface area contributed by atoms with Crippen molar-refractivity contribution in [3.63, 3.8) is 0 Å². The van der Waals surface area contributed by atoms with Gasteiger partial charge in [-0.15, -0.1) is 10.2 Å². The molecule has 9 rings (SSSR count). The number of benzene rings is 1. The number of aryl methyl sites for hydroxylation is 1. The first kappa shape index (κ1) is 48.2. The van der Waals surface area contributed by atoms with Crippen molar-refractivity contribution in [2.75, 3.05) is 87.2 Å². The van der Waals surface area contributed by atoms with E-state index in [2.05, 4.69) is 75.6 Å². The number of hydrogen-bond donors (Lipinski definition) is 3. The van der Waals surface area contributed by atoms with Gasteiger partial charge in [-0.05, 0) is 106 Å². The number of nitrogens with zero attached hydrogens (tertiary/aromatic N) is 11. The summed E-state index contributed by atoms with van der Waals surface area (Å²) >= 11 is 6.17. The minimum absolute atomic E-state index is 0.0366. The number of pyridine rings is 1. The van der Waals surface area contributed by atoms with Crippen molar-refractivity contribution in [2.45, 2.75) is 102 Å². The highest BCUT2D eigenvalue weighted by Gasteiger charge is 2.28. The van der Waals surface area contributed by atoms with Gasteiger partial charge in [0.2, 0.25) is 5.88 Å². The molecule has 5 aromatic rings. The number of halogens is 1. The number of aliphatic hydroxyl groups excluding tert-OH is 1. The largest absolute Gasteiger partial charge is 0.490 e. The van der Waals surface area contributed by atoms with Gasteiger partial charge in [-0.2, -0.15) is 14.9 Å². The lowest BCUT2D eigenvalue weighted by atomic mass is 9.93. The third kappa shape index (κ3) is 12.3. The number of nitrogens with one attached hydrogen (secondary N) is 2. The van der Waals surface area contributed by atoms with Crippen LogP contribution in [-0.4, -0.2) is 141 Å². The van der Waals surface area contributed by atoms with Crippen molar-refractivity contribution in [2.24, 2.45) is 5.92 Å². The average molecular weight is 961 g/mol. The summed E-state index contributed by atoms with van der Waals surface area (Å²) in [7, 11) is 0. The number of amides is 1. The molecule has 0 radical (unpaired) electrons. The van der Waals surface area contributed by atoms with E-state index in [-0.39, 0.29) is 30.7 Å². The minimum Gasteiger partial charge on any atom is -0.490 e. The zero-order chi connectivity index (χ0) is 47.5. The van der Waals surface area contributed by atoms with Crippen LogP contribution in [0.4, 0.5) is 17.5 Å². The molecular weight excluding hydrogens is 894 g/mol.